The molecular weight excluding hydrogens is 1070 g/mol. The predicted molar refractivity (Wildman–Crippen MR) is 366 cm³/mol. The number of carbonyl (C=O) groups excluding carboxylic acids is 2. The van der Waals surface area contributed by atoms with E-state index in [2.05, 4.69) is 233 Å². The van der Waals surface area contributed by atoms with Gasteiger partial charge in [0.15, 0.2) is 6.10 Å². The molecule has 0 aliphatic rings. The van der Waals surface area contributed by atoms with Crippen LogP contribution in [-0.2, 0) is 32.7 Å². The number of esters is 2. The molecule has 0 fully saturated rings. The lowest BCUT2D eigenvalue weighted by molar-refractivity contribution is -0.161. The minimum Gasteiger partial charge on any atom is -0.462 e. The van der Waals surface area contributed by atoms with Gasteiger partial charge in [0.25, 0.3) is 0 Å². The SMILES string of the molecule is CC/C=C\C/C=C\C/C=C\C/C=C\C/C=C\C/C=C\C/C=C\C/C=C\C/C=C\C/C=C\CCCCC(=O)OC(COC(=O)CCCCCCCC/C=C\C/C=C\C/C=C\C/C=C\C/C=C\C/C=C\C/C=C\C/C=C\CC)COP(=O)(O)OCCN. The minimum atomic E-state index is -4.43. The van der Waals surface area contributed by atoms with E-state index in [1.807, 2.05) is 0 Å². The van der Waals surface area contributed by atoms with Gasteiger partial charge in [-0.1, -0.05) is 258 Å². The molecule has 0 saturated carbocycles. The highest BCUT2D eigenvalue weighted by atomic mass is 31.2. The maximum absolute atomic E-state index is 12.7. The van der Waals surface area contributed by atoms with E-state index in [-0.39, 0.29) is 32.6 Å². The zero-order valence-electron chi connectivity index (χ0n) is 52.7. The van der Waals surface area contributed by atoms with Crippen molar-refractivity contribution in [3.05, 3.63) is 219 Å². The number of rotatable bonds is 57. The molecule has 10 heteroatoms. The summed E-state index contributed by atoms with van der Waals surface area (Å²) in [7, 11) is -4.43. The van der Waals surface area contributed by atoms with Crippen LogP contribution in [0.2, 0.25) is 0 Å². The fourth-order valence-corrected chi connectivity index (χ4v) is 8.44. The number of phosphoric ester groups is 1. The Labute approximate surface area is 518 Å². The van der Waals surface area contributed by atoms with Crippen molar-refractivity contribution in [1.29, 1.82) is 0 Å². The Bertz CT molecular complexity index is 2190. The van der Waals surface area contributed by atoms with Gasteiger partial charge in [-0.05, 0) is 154 Å². The summed E-state index contributed by atoms with van der Waals surface area (Å²) in [4.78, 5) is 35.3. The Morgan fingerprint density at radius 1 is 0.353 bits per heavy atom. The second-order valence-electron chi connectivity index (χ2n) is 20.2. The maximum atomic E-state index is 12.7. The molecule has 0 aromatic rings. The topological polar surface area (TPSA) is 134 Å². The van der Waals surface area contributed by atoms with Crippen LogP contribution in [0.15, 0.2) is 219 Å². The van der Waals surface area contributed by atoms with Crippen molar-refractivity contribution >= 4 is 19.8 Å². The van der Waals surface area contributed by atoms with Crippen LogP contribution in [0, 0.1) is 0 Å². The first-order chi connectivity index (χ1) is 41.8. The summed E-state index contributed by atoms with van der Waals surface area (Å²) in [5, 5.41) is 0. The molecule has 0 heterocycles. The molecule has 9 nitrogen and oxygen atoms in total. The Hall–Kier alpha value is -5.67. The van der Waals surface area contributed by atoms with Crippen LogP contribution in [-0.4, -0.2) is 49.3 Å². The zero-order valence-corrected chi connectivity index (χ0v) is 53.6. The monoisotopic (exact) mass is 1190 g/mol. The standard InChI is InChI=1S/C75H114NO8P/c1-3-5-7-9-11-13-15-17-19-21-23-25-27-29-31-33-35-36-38-40-42-44-46-48-50-52-54-56-58-60-62-64-66-68-75(78)84-73(72-83-85(79,80)82-70-69-76)71-81-74(77)67-65-63-61-59-57-55-53-51-49-47-45-43-41-39-37-34-32-30-28-26-24-22-20-18-16-14-12-10-8-6-4-2/h5-8,11-14,17-20,23-26,29-32,35-37,39-40,42-43,45-46,48-49,51-52,54,58,60,73H,3-4,9-10,15-16,21-22,27-28,33-34,38,41,44,47,50,53,55-57,59,61-72,76H2,1-2H3,(H,79,80)/b7-5-,8-6-,13-11-,14-12-,19-17-,20-18-,25-23-,26-24-,31-29-,32-30-,36-35-,39-37-,42-40-,45-43-,48-46-,51-49-,54-52-,60-58-. The average molecular weight is 1190 g/mol. The molecule has 0 aliphatic carbocycles. The lowest BCUT2D eigenvalue weighted by Gasteiger charge is -2.19. The van der Waals surface area contributed by atoms with Crippen LogP contribution in [0.3, 0.4) is 0 Å². The van der Waals surface area contributed by atoms with Gasteiger partial charge in [-0.15, -0.1) is 0 Å². The van der Waals surface area contributed by atoms with Crippen molar-refractivity contribution in [3.8, 4) is 0 Å². The molecule has 0 aromatic heterocycles. The van der Waals surface area contributed by atoms with Crippen LogP contribution in [0.5, 0.6) is 0 Å². The van der Waals surface area contributed by atoms with Crippen molar-refractivity contribution < 1.29 is 37.6 Å². The van der Waals surface area contributed by atoms with Gasteiger partial charge in [-0.2, -0.15) is 0 Å². The number of hydrogen-bond acceptors (Lipinski definition) is 8. The highest BCUT2D eigenvalue weighted by molar-refractivity contribution is 7.47. The van der Waals surface area contributed by atoms with Crippen molar-refractivity contribution in [3.63, 3.8) is 0 Å². The van der Waals surface area contributed by atoms with E-state index in [9.17, 15) is 19.0 Å². The largest absolute Gasteiger partial charge is 0.472 e. The van der Waals surface area contributed by atoms with Crippen LogP contribution in [0.25, 0.3) is 0 Å². The number of unbranched alkanes of at least 4 members (excludes halogenated alkanes) is 8. The summed E-state index contributed by atoms with van der Waals surface area (Å²) in [6.07, 6.45) is 106. The first-order valence-corrected chi connectivity index (χ1v) is 33.7. The quantitative estimate of drug-likeness (QED) is 0.0264. The third-order valence-corrected chi connectivity index (χ3v) is 13.3. The van der Waals surface area contributed by atoms with E-state index < -0.39 is 32.5 Å². The summed E-state index contributed by atoms with van der Waals surface area (Å²) >= 11 is 0. The average Bonchev–Trinajstić information content (AvgIpc) is 3.52. The normalized spacial score (nSPS) is 14.4. The molecule has 3 N–H and O–H groups in total. The van der Waals surface area contributed by atoms with Crippen molar-refractivity contribution in [1.82, 2.24) is 0 Å². The third-order valence-electron chi connectivity index (χ3n) is 12.4. The van der Waals surface area contributed by atoms with Gasteiger partial charge in [0.1, 0.15) is 6.61 Å². The van der Waals surface area contributed by atoms with Gasteiger partial charge in [-0.3, -0.25) is 18.6 Å². The van der Waals surface area contributed by atoms with E-state index in [1.54, 1.807) is 0 Å². The van der Waals surface area contributed by atoms with Gasteiger partial charge < -0.3 is 20.1 Å². The predicted octanol–water partition coefficient (Wildman–Crippen LogP) is 21.3. The van der Waals surface area contributed by atoms with Gasteiger partial charge in [-0.25, -0.2) is 4.57 Å². The van der Waals surface area contributed by atoms with Crippen LogP contribution in [0.1, 0.15) is 206 Å². The van der Waals surface area contributed by atoms with E-state index in [0.29, 0.717) is 12.8 Å². The van der Waals surface area contributed by atoms with Crippen molar-refractivity contribution in [2.75, 3.05) is 26.4 Å². The molecule has 0 bridgehead atoms. The number of ether oxygens (including phenoxy) is 2. The molecule has 2 unspecified atom stereocenters. The molecule has 85 heavy (non-hydrogen) atoms. The Kier molecular flexibility index (Phi) is 63.0. The smallest absolute Gasteiger partial charge is 0.462 e. The number of carbonyl (C=O) groups is 2. The molecule has 0 radical (unpaired) electrons. The Morgan fingerprint density at radius 2 is 0.612 bits per heavy atom. The molecule has 0 aliphatic heterocycles. The first kappa shape index (κ1) is 79.3. The van der Waals surface area contributed by atoms with Crippen LogP contribution < -0.4 is 5.73 Å². The van der Waals surface area contributed by atoms with Gasteiger partial charge in [0, 0.05) is 19.4 Å². The maximum Gasteiger partial charge on any atom is 0.472 e. The summed E-state index contributed by atoms with van der Waals surface area (Å²) < 4.78 is 33.0. The molecule has 0 amide bonds. The van der Waals surface area contributed by atoms with E-state index in [4.69, 9.17) is 24.3 Å². The Balaban J connectivity index is 4.16. The van der Waals surface area contributed by atoms with Crippen molar-refractivity contribution in [2.45, 2.75) is 213 Å². The summed E-state index contributed by atoms with van der Waals surface area (Å²) in [6, 6.07) is 0. The van der Waals surface area contributed by atoms with Crippen LogP contribution in [0.4, 0.5) is 0 Å². The van der Waals surface area contributed by atoms with E-state index in [1.165, 1.54) is 0 Å². The number of allylic oxidation sites excluding steroid dienone is 36. The molecule has 0 spiro atoms. The molecule has 472 valence electrons. The molecular formula is C75H114NO8P. The molecule has 0 saturated heterocycles. The van der Waals surface area contributed by atoms with Gasteiger partial charge in [0.2, 0.25) is 0 Å². The third kappa shape index (κ3) is 67.3. The summed E-state index contributed by atoms with van der Waals surface area (Å²) in [6.45, 7) is 3.41. The summed E-state index contributed by atoms with van der Waals surface area (Å²) in [5.41, 5.74) is 5.39. The highest BCUT2D eigenvalue weighted by Crippen LogP contribution is 2.43. The van der Waals surface area contributed by atoms with Crippen LogP contribution >= 0.6 is 7.82 Å². The first-order valence-electron chi connectivity index (χ1n) is 32.2. The number of phosphoric acid groups is 1. The number of hydrogen-bond donors (Lipinski definition) is 2. The second kappa shape index (κ2) is 67.5. The zero-order chi connectivity index (χ0) is 61.6. The lowest BCUT2D eigenvalue weighted by atomic mass is 10.1. The van der Waals surface area contributed by atoms with Gasteiger partial charge >= 0.3 is 19.8 Å². The Morgan fingerprint density at radius 3 is 0.929 bits per heavy atom. The summed E-state index contributed by atoms with van der Waals surface area (Å²) in [5.74, 6) is -0.917. The highest BCUT2D eigenvalue weighted by Gasteiger charge is 2.26. The minimum absolute atomic E-state index is 0.0306. The fourth-order valence-electron chi connectivity index (χ4n) is 7.68. The molecule has 0 aromatic carbocycles. The van der Waals surface area contributed by atoms with Gasteiger partial charge in [0.05, 0.1) is 13.2 Å². The molecule has 2 atom stereocenters. The van der Waals surface area contributed by atoms with E-state index in [0.717, 1.165) is 167 Å². The lowest BCUT2D eigenvalue weighted by Crippen LogP contribution is -2.29. The van der Waals surface area contributed by atoms with Crippen molar-refractivity contribution in [2.24, 2.45) is 5.73 Å². The second-order valence-corrected chi connectivity index (χ2v) is 21.6. The molecule has 0 rings (SSSR count). The fraction of sp³-hybridized carbons (Fsp3) is 0.493. The van der Waals surface area contributed by atoms with E-state index >= 15 is 0 Å². The number of nitrogens with two attached hydrogens (primary N) is 1.